The number of nitrogens with zero attached hydrogens (tertiary/aromatic N) is 1. The molecule has 0 aromatic carbocycles. The maximum absolute atomic E-state index is 12.9. The lowest BCUT2D eigenvalue weighted by Gasteiger charge is -2.32. The minimum Gasteiger partial charge on any atom is -0.444 e. The quantitative estimate of drug-likeness (QED) is 0.792. The number of hydrogen-bond donors (Lipinski definition) is 1. The Morgan fingerprint density at radius 2 is 2.00 bits per heavy atom. The molecule has 0 aromatic heterocycles. The van der Waals surface area contributed by atoms with Gasteiger partial charge in [-0.25, -0.2) is 9.69 Å². The number of carbonyl (C=O) groups is 1. The van der Waals surface area contributed by atoms with Crippen LogP contribution >= 0.6 is 0 Å². The van der Waals surface area contributed by atoms with E-state index in [0.29, 0.717) is 13.0 Å². The molecular weight excluding hydrogens is 261 g/mol. The number of halogens is 3. The minimum absolute atomic E-state index is 0.129. The topological polar surface area (TPSA) is 41.6 Å². The summed E-state index contributed by atoms with van der Waals surface area (Å²) < 4.78 is 43.5. The predicted molar refractivity (Wildman–Crippen MR) is 64.6 cm³/mol. The van der Waals surface area contributed by atoms with Gasteiger partial charge in [-0.1, -0.05) is 0 Å². The van der Waals surface area contributed by atoms with Crippen LogP contribution in [0.1, 0.15) is 33.6 Å². The van der Waals surface area contributed by atoms with E-state index in [9.17, 15) is 18.0 Å². The Kier molecular flexibility index (Phi) is 5.06. The van der Waals surface area contributed by atoms with Crippen LogP contribution in [-0.2, 0) is 4.74 Å². The van der Waals surface area contributed by atoms with Crippen molar-refractivity contribution in [3.8, 4) is 0 Å². The van der Waals surface area contributed by atoms with Crippen LogP contribution in [0.25, 0.3) is 0 Å². The van der Waals surface area contributed by atoms with Crippen molar-refractivity contribution < 1.29 is 22.7 Å². The SMILES string of the molecule is CC(C)(C)OC(=O)N(CC1CCCNC1)C(F)(F)F. The van der Waals surface area contributed by atoms with Crippen LogP contribution in [0, 0.1) is 5.92 Å². The molecule has 1 fully saturated rings. The first-order valence-corrected chi connectivity index (χ1v) is 6.37. The Labute approximate surface area is 111 Å². The minimum atomic E-state index is -4.71. The summed E-state index contributed by atoms with van der Waals surface area (Å²) >= 11 is 0. The number of piperidine rings is 1. The van der Waals surface area contributed by atoms with Crippen molar-refractivity contribution in [3.63, 3.8) is 0 Å². The Morgan fingerprint density at radius 3 is 2.42 bits per heavy atom. The van der Waals surface area contributed by atoms with Gasteiger partial charge in [0.15, 0.2) is 0 Å². The van der Waals surface area contributed by atoms with Gasteiger partial charge in [-0.3, -0.25) is 0 Å². The maximum atomic E-state index is 12.9. The van der Waals surface area contributed by atoms with Crippen LogP contribution in [0.5, 0.6) is 0 Å². The average molecular weight is 282 g/mol. The third-order valence-corrected chi connectivity index (χ3v) is 2.76. The molecule has 0 spiro atoms. The zero-order valence-corrected chi connectivity index (χ0v) is 11.5. The molecule has 19 heavy (non-hydrogen) atoms. The highest BCUT2D eigenvalue weighted by Crippen LogP contribution is 2.26. The van der Waals surface area contributed by atoms with Crippen molar-refractivity contribution in [2.45, 2.75) is 45.5 Å². The third kappa shape index (κ3) is 5.67. The average Bonchev–Trinajstić information content (AvgIpc) is 2.23. The normalized spacial score (nSPS) is 21.1. The molecule has 0 bridgehead atoms. The Bertz CT molecular complexity index is 307. The van der Waals surface area contributed by atoms with Gasteiger partial charge in [-0.2, -0.15) is 0 Å². The molecule has 1 unspecified atom stereocenters. The number of rotatable bonds is 2. The first-order valence-electron chi connectivity index (χ1n) is 6.37. The molecule has 1 saturated heterocycles. The summed E-state index contributed by atoms with van der Waals surface area (Å²) in [6, 6.07) is 0. The van der Waals surface area contributed by atoms with E-state index < -0.39 is 18.0 Å². The molecule has 0 radical (unpaired) electrons. The van der Waals surface area contributed by atoms with Gasteiger partial charge in [-0.15, -0.1) is 13.2 Å². The van der Waals surface area contributed by atoms with Gasteiger partial charge in [0, 0.05) is 6.54 Å². The van der Waals surface area contributed by atoms with Crippen molar-refractivity contribution in [2.75, 3.05) is 19.6 Å². The summed E-state index contributed by atoms with van der Waals surface area (Å²) in [6.45, 7) is 5.58. The van der Waals surface area contributed by atoms with Crippen molar-refractivity contribution in [1.82, 2.24) is 10.2 Å². The van der Waals surface area contributed by atoms with E-state index in [4.69, 9.17) is 4.74 Å². The van der Waals surface area contributed by atoms with Crippen LogP contribution in [0.15, 0.2) is 0 Å². The van der Waals surface area contributed by atoms with Crippen molar-refractivity contribution in [1.29, 1.82) is 0 Å². The molecule has 1 amide bonds. The zero-order chi connectivity index (χ0) is 14.7. The lowest BCUT2D eigenvalue weighted by Crippen LogP contribution is -2.49. The van der Waals surface area contributed by atoms with Crippen LogP contribution < -0.4 is 5.32 Å². The fourth-order valence-electron chi connectivity index (χ4n) is 1.94. The fourth-order valence-corrected chi connectivity index (χ4v) is 1.94. The number of hydrogen-bond acceptors (Lipinski definition) is 3. The zero-order valence-electron chi connectivity index (χ0n) is 11.5. The molecule has 0 aromatic rings. The number of nitrogens with one attached hydrogen (secondary N) is 1. The third-order valence-electron chi connectivity index (χ3n) is 2.76. The summed E-state index contributed by atoms with van der Waals surface area (Å²) in [5.41, 5.74) is -0.939. The van der Waals surface area contributed by atoms with E-state index in [0.717, 1.165) is 13.0 Å². The number of alkyl halides is 3. The second-order valence-corrected chi connectivity index (χ2v) is 5.77. The van der Waals surface area contributed by atoms with Crippen molar-refractivity contribution in [3.05, 3.63) is 0 Å². The van der Waals surface area contributed by atoms with Crippen LogP contribution in [0.2, 0.25) is 0 Å². The summed E-state index contributed by atoms with van der Waals surface area (Å²) in [5, 5.41) is 3.03. The second-order valence-electron chi connectivity index (χ2n) is 5.77. The van der Waals surface area contributed by atoms with E-state index in [1.165, 1.54) is 0 Å². The molecular formula is C12H21F3N2O2. The highest BCUT2D eigenvalue weighted by Gasteiger charge is 2.44. The molecule has 1 N–H and O–H groups in total. The molecule has 112 valence electrons. The van der Waals surface area contributed by atoms with Gasteiger partial charge in [0.1, 0.15) is 5.60 Å². The van der Waals surface area contributed by atoms with E-state index in [2.05, 4.69) is 5.32 Å². The standard InChI is InChI=1S/C12H21F3N2O2/c1-11(2,3)19-10(18)17(12(13,14)15)8-9-5-4-6-16-7-9/h9,16H,4-8H2,1-3H3. The van der Waals surface area contributed by atoms with Gasteiger partial charge in [0.05, 0.1) is 0 Å². The smallest absolute Gasteiger partial charge is 0.444 e. The number of amides is 1. The lowest BCUT2D eigenvalue weighted by atomic mass is 9.99. The highest BCUT2D eigenvalue weighted by molar-refractivity contribution is 5.68. The summed E-state index contributed by atoms with van der Waals surface area (Å²) in [4.78, 5) is 11.5. The molecule has 1 atom stereocenters. The number of carbonyl (C=O) groups excluding carboxylic acids is 1. The van der Waals surface area contributed by atoms with Gasteiger partial charge in [0.2, 0.25) is 0 Å². The Balaban J connectivity index is 2.69. The molecule has 1 aliphatic rings. The van der Waals surface area contributed by atoms with Crippen LogP contribution in [0.3, 0.4) is 0 Å². The van der Waals surface area contributed by atoms with E-state index in [-0.39, 0.29) is 17.4 Å². The Hall–Kier alpha value is -0.980. The predicted octanol–water partition coefficient (Wildman–Crippen LogP) is 2.74. The van der Waals surface area contributed by atoms with Crippen LogP contribution in [0.4, 0.5) is 18.0 Å². The van der Waals surface area contributed by atoms with E-state index in [1.54, 1.807) is 20.8 Å². The molecule has 1 aliphatic heterocycles. The van der Waals surface area contributed by atoms with E-state index >= 15 is 0 Å². The van der Waals surface area contributed by atoms with Crippen LogP contribution in [-0.4, -0.2) is 42.5 Å². The molecule has 0 saturated carbocycles. The fraction of sp³-hybridized carbons (Fsp3) is 0.917. The second kappa shape index (κ2) is 5.98. The van der Waals surface area contributed by atoms with Gasteiger partial charge in [-0.05, 0) is 52.6 Å². The molecule has 1 heterocycles. The lowest BCUT2D eigenvalue weighted by molar-refractivity contribution is -0.235. The van der Waals surface area contributed by atoms with Gasteiger partial charge >= 0.3 is 12.4 Å². The van der Waals surface area contributed by atoms with E-state index in [1.807, 2.05) is 0 Å². The van der Waals surface area contributed by atoms with Gasteiger partial charge < -0.3 is 10.1 Å². The first kappa shape index (κ1) is 16.1. The molecule has 0 aliphatic carbocycles. The maximum Gasteiger partial charge on any atom is 0.489 e. The highest BCUT2D eigenvalue weighted by atomic mass is 19.4. The largest absolute Gasteiger partial charge is 0.489 e. The first-order chi connectivity index (χ1) is 8.59. The van der Waals surface area contributed by atoms with Crippen molar-refractivity contribution in [2.24, 2.45) is 5.92 Å². The summed E-state index contributed by atoms with van der Waals surface area (Å²) in [7, 11) is 0. The summed E-state index contributed by atoms with van der Waals surface area (Å²) in [5.74, 6) is -0.192. The molecule has 1 rings (SSSR count). The molecule has 7 heteroatoms. The summed E-state index contributed by atoms with van der Waals surface area (Å²) in [6.07, 6.45) is -4.53. The van der Waals surface area contributed by atoms with Gasteiger partial charge in [0.25, 0.3) is 0 Å². The number of ether oxygens (including phenoxy) is 1. The Morgan fingerprint density at radius 1 is 1.37 bits per heavy atom. The van der Waals surface area contributed by atoms with Crippen molar-refractivity contribution >= 4 is 6.09 Å². The molecule has 4 nitrogen and oxygen atoms in total. The monoisotopic (exact) mass is 282 g/mol.